The predicted octanol–water partition coefficient (Wildman–Crippen LogP) is 6.94. The van der Waals surface area contributed by atoms with Gasteiger partial charge in [0.15, 0.2) is 6.23 Å². The number of aromatic nitrogens is 2. The Kier molecular flexibility index (Phi) is 10.7. The fourth-order valence-electron chi connectivity index (χ4n) is 6.36. The lowest BCUT2D eigenvalue weighted by Gasteiger charge is -2.27. The Labute approximate surface area is 291 Å². The number of nitrogens with one attached hydrogen (secondary N) is 4. The third-order valence-corrected chi connectivity index (χ3v) is 8.92. The van der Waals surface area contributed by atoms with E-state index in [0.717, 1.165) is 52.8 Å². The largest absolute Gasteiger partial charge is 0.352 e. The van der Waals surface area contributed by atoms with Gasteiger partial charge in [-0.25, -0.2) is 4.39 Å². The van der Waals surface area contributed by atoms with Crippen molar-refractivity contribution in [2.24, 2.45) is 5.92 Å². The highest BCUT2D eigenvalue weighted by Crippen LogP contribution is 2.36. The van der Waals surface area contributed by atoms with Crippen molar-refractivity contribution in [3.05, 3.63) is 107 Å². The number of fused-ring (bicyclic) bond motifs is 1. The number of amides is 2. The number of hydrogen-bond donors (Lipinski definition) is 5. The van der Waals surface area contributed by atoms with Crippen LogP contribution in [0.4, 0.5) is 27.1 Å². The van der Waals surface area contributed by atoms with Gasteiger partial charge in [0.05, 0.1) is 59.2 Å². The maximum atomic E-state index is 13.8. The van der Waals surface area contributed by atoms with Gasteiger partial charge in [0.1, 0.15) is 11.5 Å². The fourth-order valence-corrected chi connectivity index (χ4v) is 6.36. The first-order chi connectivity index (χ1) is 24.2. The lowest BCUT2D eigenvalue weighted by Crippen LogP contribution is -2.86. The molecule has 0 spiro atoms. The van der Waals surface area contributed by atoms with E-state index in [1.165, 1.54) is 18.2 Å². The van der Waals surface area contributed by atoms with Crippen LogP contribution in [0.2, 0.25) is 0 Å². The SMILES string of the molecule is CCC1=C(C(=N)c2cc(-c3cncc(NC(=O)CC(C)C)c3)ccc2[NH2+]C2CCCCO2)Nc2cncc(NC(=O)c3cccc(F)c3)c2C1. The summed E-state index contributed by atoms with van der Waals surface area (Å²) < 4.78 is 19.9. The molecule has 4 heterocycles. The summed E-state index contributed by atoms with van der Waals surface area (Å²) >= 11 is 0. The molecule has 4 aromatic rings. The molecule has 6 rings (SSSR count). The van der Waals surface area contributed by atoms with Crippen LogP contribution >= 0.6 is 0 Å². The predicted molar refractivity (Wildman–Crippen MR) is 193 cm³/mol. The average molecular weight is 677 g/mol. The summed E-state index contributed by atoms with van der Waals surface area (Å²) in [5, 5.41) is 21.1. The number of carbonyl (C=O) groups excluding carboxylic acids is 2. The lowest BCUT2D eigenvalue weighted by atomic mass is 9.90. The molecular formula is C39H43FN7O3+. The highest BCUT2D eigenvalue weighted by Gasteiger charge is 2.28. The number of rotatable bonds is 11. The van der Waals surface area contributed by atoms with Crippen LogP contribution in [-0.4, -0.2) is 40.3 Å². The third-order valence-electron chi connectivity index (χ3n) is 8.92. The molecule has 1 atom stereocenters. The van der Waals surface area contributed by atoms with E-state index in [4.69, 9.17) is 4.74 Å². The fraction of sp³-hybridized carbons (Fsp3) is 0.308. The molecular weight excluding hydrogens is 633 g/mol. The van der Waals surface area contributed by atoms with E-state index in [0.29, 0.717) is 54.3 Å². The Hall–Kier alpha value is -5.26. The molecule has 1 saturated heterocycles. The Morgan fingerprint density at radius 1 is 1.04 bits per heavy atom. The minimum Gasteiger partial charge on any atom is -0.352 e. The van der Waals surface area contributed by atoms with Crippen LogP contribution < -0.4 is 21.3 Å². The molecule has 2 aliphatic rings. The van der Waals surface area contributed by atoms with E-state index < -0.39 is 11.7 Å². The molecule has 2 aromatic heterocycles. The number of carbonyl (C=O) groups is 2. The van der Waals surface area contributed by atoms with Gasteiger partial charge in [0, 0.05) is 41.8 Å². The normalized spacial score (nSPS) is 15.7. The van der Waals surface area contributed by atoms with E-state index in [1.807, 2.05) is 45.0 Å². The summed E-state index contributed by atoms with van der Waals surface area (Å²) in [7, 11) is 0. The first-order valence-electron chi connectivity index (χ1n) is 17.2. The molecule has 1 fully saturated rings. The van der Waals surface area contributed by atoms with Crippen LogP contribution in [0.15, 0.2) is 84.6 Å². The standard InChI is InChI=1S/C39H42FN7O3/c1-4-24-17-30-33(21-43-22-34(30)47-39(49)26-8-7-9-28(40)15-26)46-38(24)37(41)31-18-25(11-12-32(31)45-36-10-5-6-13-50-36)27-16-29(20-42-19-27)44-35(48)14-23(2)3/h7-9,11-12,15-16,18-23,36,41,45-46H,4-6,10,13-14,17H2,1-3H3,(H,44,48)(H,47,49)/p+1. The Balaban J connectivity index is 1.32. The summed E-state index contributed by atoms with van der Waals surface area (Å²) in [5.74, 6) is -0.742. The third kappa shape index (κ3) is 8.12. The number of quaternary nitrogens is 1. The number of nitrogens with two attached hydrogens (primary N) is 1. The Morgan fingerprint density at radius 2 is 1.88 bits per heavy atom. The van der Waals surface area contributed by atoms with Crippen LogP contribution in [0.3, 0.4) is 0 Å². The van der Waals surface area contributed by atoms with Crippen molar-refractivity contribution in [2.45, 2.75) is 65.5 Å². The summed E-state index contributed by atoms with van der Waals surface area (Å²) in [5.41, 5.74) is 8.18. The Morgan fingerprint density at radius 3 is 2.64 bits per heavy atom. The van der Waals surface area contributed by atoms with Gasteiger partial charge in [0.2, 0.25) is 5.91 Å². The number of nitrogens with zero attached hydrogens (tertiary/aromatic N) is 2. The van der Waals surface area contributed by atoms with E-state index in [2.05, 4.69) is 31.2 Å². The average Bonchev–Trinajstić information content (AvgIpc) is 3.11. The molecule has 2 aliphatic heterocycles. The van der Waals surface area contributed by atoms with Crippen molar-refractivity contribution >= 4 is 40.3 Å². The van der Waals surface area contributed by atoms with Crippen LogP contribution in [-0.2, 0) is 16.0 Å². The number of anilines is 3. The van der Waals surface area contributed by atoms with Crippen LogP contribution in [0, 0.1) is 17.1 Å². The van der Waals surface area contributed by atoms with Crippen molar-refractivity contribution < 1.29 is 24.0 Å². The van der Waals surface area contributed by atoms with Gasteiger partial charge >= 0.3 is 0 Å². The van der Waals surface area contributed by atoms with E-state index in [9.17, 15) is 19.4 Å². The van der Waals surface area contributed by atoms with Gasteiger partial charge in [-0.05, 0) is 79.1 Å². The second kappa shape index (κ2) is 15.5. The molecule has 6 N–H and O–H groups in total. The highest BCUT2D eigenvalue weighted by molar-refractivity contribution is 6.16. The molecule has 0 radical (unpaired) electrons. The number of halogens is 1. The molecule has 11 heteroatoms. The van der Waals surface area contributed by atoms with Crippen LogP contribution in [0.25, 0.3) is 11.1 Å². The maximum Gasteiger partial charge on any atom is 0.255 e. The number of hydrogen-bond acceptors (Lipinski definition) is 7. The smallest absolute Gasteiger partial charge is 0.255 e. The molecule has 0 bridgehead atoms. The van der Waals surface area contributed by atoms with Crippen molar-refractivity contribution in [3.63, 3.8) is 0 Å². The summed E-state index contributed by atoms with van der Waals surface area (Å²) in [6.07, 6.45) is 11.2. The van der Waals surface area contributed by atoms with Crippen molar-refractivity contribution in [2.75, 3.05) is 22.6 Å². The molecule has 258 valence electrons. The first kappa shape index (κ1) is 34.6. The van der Waals surface area contributed by atoms with Crippen LogP contribution in [0.5, 0.6) is 0 Å². The molecule has 50 heavy (non-hydrogen) atoms. The zero-order valence-corrected chi connectivity index (χ0v) is 28.6. The minimum absolute atomic E-state index is 0.0459. The van der Waals surface area contributed by atoms with Gasteiger partial charge in [-0.2, -0.15) is 0 Å². The zero-order chi connectivity index (χ0) is 35.2. The zero-order valence-electron chi connectivity index (χ0n) is 28.6. The molecule has 10 nitrogen and oxygen atoms in total. The van der Waals surface area contributed by atoms with Crippen molar-refractivity contribution in [3.8, 4) is 11.1 Å². The summed E-state index contributed by atoms with van der Waals surface area (Å²) in [6.45, 7) is 6.76. The first-order valence-corrected chi connectivity index (χ1v) is 17.2. The van der Waals surface area contributed by atoms with E-state index in [-0.39, 0.29) is 23.6 Å². The van der Waals surface area contributed by atoms with Crippen LogP contribution in [0.1, 0.15) is 74.4 Å². The molecule has 0 saturated carbocycles. The topological polar surface area (TPSA) is 146 Å². The quantitative estimate of drug-likeness (QED) is 0.0860. The van der Waals surface area contributed by atoms with Crippen molar-refractivity contribution in [1.29, 1.82) is 5.41 Å². The van der Waals surface area contributed by atoms with Crippen molar-refractivity contribution in [1.82, 2.24) is 9.97 Å². The highest BCUT2D eigenvalue weighted by atomic mass is 19.1. The number of allylic oxidation sites excluding steroid dienone is 2. The second-order valence-corrected chi connectivity index (χ2v) is 13.2. The van der Waals surface area contributed by atoms with Gasteiger partial charge < -0.3 is 20.7 Å². The number of pyridine rings is 2. The lowest BCUT2D eigenvalue weighted by molar-refractivity contribution is -0.660. The monoisotopic (exact) mass is 676 g/mol. The van der Waals surface area contributed by atoms with Gasteiger partial charge in [-0.1, -0.05) is 26.8 Å². The molecule has 0 aliphatic carbocycles. The minimum atomic E-state index is -0.486. The summed E-state index contributed by atoms with van der Waals surface area (Å²) in [4.78, 5) is 34.3. The number of ether oxygens (including phenoxy) is 1. The van der Waals surface area contributed by atoms with Gasteiger partial charge in [-0.3, -0.25) is 30.3 Å². The second-order valence-electron chi connectivity index (χ2n) is 13.2. The van der Waals surface area contributed by atoms with E-state index in [1.54, 1.807) is 30.9 Å². The van der Waals surface area contributed by atoms with E-state index >= 15 is 0 Å². The van der Waals surface area contributed by atoms with Gasteiger partial charge in [-0.15, -0.1) is 0 Å². The van der Waals surface area contributed by atoms with Gasteiger partial charge in [0.25, 0.3) is 5.91 Å². The number of benzene rings is 2. The molecule has 1 unspecified atom stereocenters. The molecule has 2 amide bonds. The summed E-state index contributed by atoms with van der Waals surface area (Å²) in [6, 6.07) is 13.5. The maximum absolute atomic E-state index is 13.8. The molecule has 2 aromatic carbocycles. The Bertz CT molecular complexity index is 1950.